The molecule has 4 nitrogen and oxygen atoms in total. The van der Waals surface area contributed by atoms with Crippen LogP contribution in [0.5, 0.6) is 5.75 Å². The summed E-state index contributed by atoms with van der Waals surface area (Å²) in [6.45, 7) is 4.02. The van der Waals surface area contributed by atoms with Crippen LogP contribution in [-0.2, 0) is 13.0 Å². The van der Waals surface area contributed by atoms with Crippen LogP contribution in [0.15, 0.2) is 40.7 Å². The Labute approximate surface area is 140 Å². The summed E-state index contributed by atoms with van der Waals surface area (Å²) in [6.07, 6.45) is 0.958. The Morgan fingerprint density at radius 2 is 2.17 bits per heavy atom. The molecule has 0 bridgehead atoms. The van der Waals surface area contributed by atoms with Gasteiger partial charge in [0.05, 0.1) is 13.7 Å². The zero-order chi connectivity index (χ0) is 16.5. The fourth-order valence-corrected chi connectivity index (χ4v) is 2.79. The van der Waals surface area contributed by atoms with Crippen molar-refractivity contribution in [2.45, 2.75) is 19.9 Å². The highest BCUT2D eigenvalue weighted by atomic mass is 32.1. The first kappa shape index (κ1) is 17.3. The summed E-state index contributed by atoms with van der Waals surface area (Å²) in [7, 11) is 1.46. The molecular formula is C17H22FN3OS. The van der Waals surface area contributed by atoms with Gasteiger partial charge in [-0.1, -0.05) is 12.1 Å². The maximum absolute atomic E-state index is 13.7. The van der Waals surface area contributed by atoms with Crippen LogP contribution in [0.4, 0.5) is 4.39 Å². The van der Waals surface area contributed by atoms with Crippen LogP contribution in [-0.4, -0.2) is 26.2 Å². The van der Waals surface area contributed by atoms with Crippen molar-refractivity contribution in [3.63, 3.8) is 0 Å². The molecule has 0 saturated carbocycles. The molecule has 0 amide bonds. The molecule has 0 aliphatic carbocycles. The molecule has 2 N–H and O–H groups in total. The van der Waals surface area contributed by atoms with Gasteiger partial charge in [-0.25, -0.2) is 9.38 Å². The third-order valence-corrected chi connectivity index (χ3v) is 4.16. The lowest BCUT2D eigenvalue weighted by molar-refractivity contribution is 0.386. The number of halogens is 1. The summed E-state index contributed by atoms with van der Waals surface area (Å²) in [5.74, 6) is 0.620. The second kappa shape index (κ2) is 9.15. The van der Waals surface area contributed by atoms with Crippen molar-refractivity contribution < 1.29 is 9.13 Å². The van der Waals surface area contributed by atoms with Crippen molar-refractivity contribution in [3.05, 3.63) is 52.0 Å². The van der Waals surface area contributed by atoms with E-state index in [9.17, 15) is 4.39 Å². The predicted octanol–water partition coefficient (Wildman–Crippen LogP) is 3.19. The summed E-state index contributed by atoms with van der Waals surface area (Å²) in [4.78, 5) is 5.83. The van der Waals surface area contributed by atoms with Crippen molar-refractivity contribution in [1.29, 1.82) is 0 Å². The second-order valence-electron chi connectivity index (χ2n) is 4.92. The summed E-state index contributed by atoms with van der Waals surface area (Å²) >= 11 is 1.75. The minimum Gasteiger partial charge on any atom is -0.494 e. The highest BCUT2D eigenvalue weighted by Gasteiger charge is 2.04. The van der Waals surface area contributed by atoms with Gasteiger partial charge in [0.1, 0.15) is 0 Å². The molecule has 1 heterocycles. The van der Waals surface area contributed by atoms with E-state index >= 15 is 0 Å². The molecule has 0 radical (unpaired) electrons. The molecule has 23 heavy (non-hydrogen) atoms. The van der Waals surface area contributed by atoms with Crippen LogP contribution in [0.1, 0.15) is 17.4 Å². The normalized spacial score (nSPS) is 11.3. The molecule has 2 rings (SSSR count). The van der Waals surface area contributed by atoms with Gasteiger partial charge in [-0.2, -0.15) is 0 Å². The predicted molar refractivity (Wildman–Crippen MR) is 93.8 cm³/mol. The van der Waals surface area contributed by atoms with Gasteiger partial charge < -0.3 is 15.4 Å². The number of nitrogens with zero attached hydrogens (tertiary/aromatic N) is 1. The smallest absolute Gasteiger partial charge is 0.191 e. The molecule has 1 aromatic carbocycles. The van der Waals surface area contributed by atoms with Crippen molar-refractivity contribution in [1.82, 2.24) is 10.6 Å². The van der Waals surface area contributed by atoms with Gasteiger partial charge in [0.15, 0.2) is 17.5 Å². The molecule has 6 heteroatoms. The van der Waals surface area contributed by atoms with E-state index in [4.69, 9.17) is 4.74 Å². The van der Waals surface area contributed by atoms with E-state index in [2.05, 4.69) is 33.1 Å². The maximum atomic E-state index is 13.7. The number of benzene rings is 1. The van der Waals surface area contributed by atoms with Gasteiger partial charge in [0.2, 0.25) is 0 Å². The lowest BCUT2D eigenvalue weighted by Gasteiger charge is -2.11. The average Bonchev–Trinajstić information content (AvgIpc) is 3.06. The van der Waals surface area contributed by atoms with E-state index in [0.717, 1.165) is 31.0 Å². The summed E-state index contributed by atoms with van der Waals surface area (Å²) in [5.41, 5.74) is 0.804. The number of hydrogen-bond acceptors (Lipinski definition) is 3. The molecule has 0 aliphatic rings. The van der Waals surface area contributed by atoms with E-state index in [-0.39, 0.29) is 11.6 Å². The lowest BCUT2D eigenvalue weighted by Crippen LogP contribution is -2.38. The van der Waals surface area contributed by atoms with Gasteiger partial charge in [-0.15, -0.1) is 11.3 Å². The Morgan fingerprint density at radius 3 is 2.83 bits per heavy atom. The van der Waals surface area contributed by atoms with Crippen LogP contribution in [0.3, 0.4) is 0 Å². The van der Waals surface area contributed by atoms with Crippen LogP contribution in [0.25, 0.3) is 0 Å². The first-order valence-corrected chi connectivity index (χ1v) is 8.48. The number of guanidine groups is 1. The zero-order valence-corrected chi connectivity index (χ0v) is 14.3. The van der Waals surface area contributed by atoms with E-state index in [1.807, 2.05) is 13.0 Å². The highest BCUT2D eigenvalue weighted by Crippen LogP contribution is 2.18. The van der Waals surface area contributed by atoms with Crippen LogP contribution in [0, 0.1) is 5.82 Å². The summed E-state index contributed by atoms with van der Waals surface area (Å²) in [5, 5.41) is 8.56. The quantitative estimate of drug-likeness (QED) is 0.603. The Bertz CT molecular complexity index is 629. The molecule has 2 aromatic rings. The SMILES string of the molecule is CCNC(=NCc1ccc(OC)c(F)c1)NCCc1cccs1. The molecule has 0 unspecified atom stereocenters. The van der Waals surface area contributed by atoms with Crippen molar-refractivity contribution in [2.75, 3.05) is 20.2 Å². The Hall–Kier alpha value is -2.08. The van der Waals surface area contributed by atoms with Gasteiger partial charge in [-0.05, 0) is 42.5 Å². The number of ether oxygens (including phenoxy) is 1. The monoisotopic (exact) mass is 335 g/mol. The molecule has 0 aliphatic heterocycles. The van der Waals surface area contributed by atoms with E-state index < -0.39 is 0 Å². The molecule has 0 spiro atoms. The average molecular weight is 335 g/mol. The molecule has 0 fully saturated rings. The van der Waals surface area contributed by atoms with Crippen molar-refractivity contribution >= 4 is 17.3 Å². The Kier molecular flexibility index (Phi) is 6.87. The summed E-state index contributed by atoms with van der Waals surface area (Å²) < 4.78 is 18.6. The van der Waals surface area contributed by atoms with Gasteiger partial charge >= 0.3 is 0 Å². The van der Waals surface area contributed by atoms with Crippen molar-refractivity contribution in [2.24, 2.45) is 4.99 Å². The number of thiophene rings is 1. The van der Waals surface area contributed by atoms with Gasteiger partial charge in [-0.3, -0.25) is 0 Å². The van der Waals surface area contributed by atoms with Gasteiger partial charge in [0, 0.05) is 18.0 Å². The maximum Gasteiger partial charge on any atom is 0.191 e. The number of aliphatic imine (C=N–C) groups is 1. The first-order valence-electron chi connectivity index (χ1n) is 7.60. The largest absolute Gasteiger partial charge is 0.494 e. The summed E-state index contributed by atoms with van der Waals surface area (Å²) in [6, 6.07) is 9.07. The van der Waals surface area contributed by atoms with Crippen molar-refractivity contribution in [3.8, 4) is 5.75 Å². The highest BCUT2D eigenvalue weighted by molar-refractivity contribution is 7.09. The zero-order valence-electron chi connectivity index (χ0n) is 13.4. The number of methoxy groups -OCH3 is 1. The molecule has 0 saturated heterocycles. The number of nitrogens with one attached hydrogen (secondary N) is 2. The van der Waals surface area contributed by atoms with E-state index in [1.165, 1.54) is 18.1 Å². The Morgan fingerprint density at radius 1 is 1.30 bits per heavy atom. The number of hydrogen-bond donors (Lipinski definition) is 2. The second-order valence-corrected chi connectivity index (χ2v) is 5.95. The third kappa shape index (κ3) is 5.56. The van der Waals surface area contributed by atoms with Crippen LogP contribution in [0.2, 0.25) is 0 Å². The molecule has 124 valence electrons. The van der Waals surface area contributed by atoms with Gasteiger partial charge in [0.25, 0.3) is 0 Å². The minimum absolute atomic E-state index is 0.249. The van der Waals surface area contributed by atoms with Crippen LogP contribution >= 0.6 is 11.3 Å². The lowest BCUT2D eigenvalue weighted by atomic mass is 10.2. The Balaban J connectivity index is 1.90. The van der Waals surface area contributed by atoms with Crippen LogP contribution < -0.4 is 15.4 Å². The third-order valence-electron chi connectivity index (χ3n) is 3.22. The number of rotatable bonds is 7. The fraction of sp³-hybridized carbons (Fsp3) is 0.353. The molecule has 1 aromatic heterocycles. The topological polar surface area (TPSA) is 45.7 Å². The molecule has 0 atom stereocenters. The minimum atomic E-state index is -0.365. The van der Waals surface area contributed by atoms with E-state index in [0.29, 0.717) is 6.54 Å². The fourth-order valence-electron chi connectivity index (χ4n) is 2.08. The van der Waals surface area contributed by atoms with E-state index in [1.54, 1.807) is 17.4 Å². The first-order chi connectivity index (χ1) is 11.2. The standard InChI is InChI=1S/C17H22FN3OS/c1-3-19-17(20-9-8-14-5-4-10-23-14)21-12-13-6-7-16(22-2)15(18)11-13/h4-7,10-11H,3,8-9,12H2,1-2H3,(H2,19,20,21). The molecular weight excluding hydrogens is 313 g/mol.